The Morgan fingerprint density at radius 2 is 1.88 bits per heavy atom. The summed E-state index contributed by atoms with van der Waals surface area (Å²) < 4.78 is 10.4. The Morgan fingerprint density at radius 3 is 2.56 bits per heavy atom. The molecule has 5 nitrogen and oxygen atoms in total. The first kappa shape index (κ1) is 17.4. The monoisotopic (exact) mass is 341 g/mol. The summed E-state index contributed by atoms with van der Waals surface area (Å²) in [4.78, 5) is 26.7. The molecule has 25 heavy (non-hydrogen) atoms. The van der Waals surface area contributed by atoms with E-state index in [2.05, 4.69) is 11.0 Å². The highest BCUT2D eigenvalue weighted by Crippen LogP contribution is 2.36. The summed E-state index contributed by atoms with van der Waals surface area (Å²) in [6, 6.07) is 10.0. The SMILES string of the molecule is CCOC(=O)C(=O)C1=C(N2CCOCC2)C(=Cc2ccccc2)CC1. The van der Waals surface area contributed by atoms with Crippen molar-refractivity contribution in [2.24, 2.45) is 0 Å². The second kappa shape index (κ2) is 8.12. The molecule has 132 valence electrons. The Labute approximate surface area is 147 Å². The van der Waals surface area contributed by atoms with Crippen molar-refractivity contribution in [1.82, 2.24) is 4.90 Å². The lowest BCUT2D eigenvalue weighted by Gasteiger charge is -2.31. The summed E-state index contributed by atoms with van der Waals surface area (Å²) >= 11 is 0. The Hall–Kier alpha value is -2.40. The number of carbonyl (C=O) groups is 2. The first-order valence-electron chi connectivity index (χ1n) is 8.74. The molecule has 0 atom stereocenters. The molecule has 1 aliphatic heterocycles. The summed E-state index contributed by atoms with van der Waals surface area (Å²) in [5.41, 5.74) is 3.65. The van der Waals surface area contributed by atoms with Crippen LogP contribution in [0.5, 0.6) is 0 Å². The molecule has 0 unspecified atom stereocenters. The van der Waals surface area contributed by atoms with Gasteiger partial charge in [0.25, 0.3) is 5.78 Å². The third-order valence-electron chi connectivity index (χ3n) is 4.44. The lowest BCUT2D eigenvalue weighted by atomic mass is 10.1. The lowest BCUT2D eigenvalue weighted by Crippen LogP contribution is -2.37. The van der Waals surface area contributed by atoms with Gasteiger partial charge in [-0.05, 0) is 37.0 Å². The molecule has 0 N–H and O–H groups in total. The van der Waals surface area contributed by atoms with Gasteiger partial charge in [0.15, 0.2) is 0 Å². The van der Waals surface area contributed by atoms with Crippen LogP contribution in [0.25, 0.3) is 6.08 Å². The van der Waals surface area contributed by atoms with Crippen molar-refractivity contribution in [1.29, 1.82) is 0 Å². The van der Waals surface area contributed by atoms with E-state index in [1.54, 1.807) is 6.92 Å². The van der Waals surface area contributed by atoms with Crippen LogP contribution in [-0.4, -0.2) is 49.6 Å². The van der Waals surface area contributed by atoms with Gasteiger partial charge in [0.05, 0.1) is 19.8 Å². The van der Waals surface area contributed by atoms with Crippen LogP contribution in [0, 0.1) is 0 Å². The van der Waals surface area contributed by atoms with Crippen LogP contribution in [-0.2, 0) is 19.1 Å². The first-order valence-corrected chi connectivity index (χ1v) is 8.74. The maximum Gasteiger partial charge on any atom is 0.379 e. The number of ether oxygens (including phenoxy) is 2. The van der Waals surface area contributed by atoms with Crippen LogP contribution < -0.4 is 0 Å². The molecule has 5 heteroatoms. The molecule has 0 bridgehead atoms. The topological polar surface area (TPSA) is 55.8 Å². The molecule has 1 aromatic rings. The number of hydrogen-bond acceptors (Lipinski definition) is 5. The van der Waals surface area contributed by atoms with E-state index in [1.165, 1.54) is 0 Å². The summed E-state index contributed by atoms with van der Waals surface area (Å²) in [5, 5.41) is 0. The quantitative estimate of drug-likeness (QED) is 0.609. The number of esters is 1. The molecule has 0 spiro atoms. The molecule has 1 aromatic carbocycles. The van der Waals surface area contributed by atoms with E-state index in [0.717, 1.165) is 36.3 Å². The molecular weight excluding hydrogens is 318 g/mol. The van der Waals surface area contributed by atoms with Gasteiger partial charge in [-0.25, -0.2) is 4.79 Å². The van der Waals surface area contributed by atoms with Gasteiger partial charge in [-0.2, -0.15) is 0 Å². The molecule has 1 fully saturated rings. The number of Topliss-reactive ketones (excluding diaryl/α,β-unsaturated/α-hetero) is 1. The van der Waals surface area contributed by atoms with Gasteiger partial charge in [-0.15, -0.1) is 0 Å². The Morgan fingerprint density at radius 1 is 1.16 bits per heavy atom. The highest BCUT2D eigenvalue weighted by atomic mass is 16.5. The number of carbonyl (C=O) groups excluding carboxylic acids is 2. The zero-order valence-corrected chi connectivity index (χ0v) is 14.5. The number of allylic oxidation sites excluding steroid dienone is 1. The minimum Gasteiger partial charge on any atom is -0.460 e. The zero-order valence-electron chi connectivity index (χ0n) is 14.5. The predicted molar refractivity (Wildman–Crippen MR) is 94.7 cm³/mol. The summed E-state index contributed by atoms with van der Waals surface area (Å²) in [6.07, 6.45) is 3.43. The van der Waals surface area contributed by atoms with Gasteiger partial charge in [0.1, 0.15) is 0 Å². The van der Waals surface area contributed by atoms with Crippen molar-refractivity contribution in [2.75, 3.05) is 32.9 Å². The number of benzene rings is 1. The number of ketones is 1. The third-order valence-corrected chi connectivity index (χ3v) is 4.44. The van der Waals surface area contributed by atoms with E-state index in [1.807, 2.05) is 30.3 Å². The van der Waals surface area contributed by atoms with Crippen molar-refractivity contribution in [2.45, 2.75) is 19.8 Å². The van der Waals surface area contributed by atoms with Gasteiger partial charge in [-0.1, -0.05) is 30.3 Å². The maximum atomic E-state index is 12.6. The zero-order chi connectivity index (χ0) is 17.6. The van der Waals surface area contributed by atoms with E-state index in [9.17, 15) is 9.59 Å². The second-order valence-electron chi connectivity index (χ2n) is 6.06. The van der Waals surface area contributed by atoms with Gasteiger partial charge >= 0.3 is 5.97 Å². The van der Waals surface area contributed by atoms with Crippen LogP contribution in [0.1, 0.15) is 25.3 Å². The molecule has 0 amide bonds. The first-order chi connectivity index (χ1) is 12.2. The molecule has 0 saturated carbocycles. The standard InChI is InChI=1S/C20H23NO4/c1-2-25-20(23)19(22)17-9-8-16(14-15-6-4-3-5-7-15)18(17)21-10-12-24-13-11-21/h3-7,14H,2,8-13H2,1H3. The fraction of sp³-hybridized carbons (Fsp3) is 0.400. The molecule has 0 radical (unpaired) electrons. The number of nitrogens with zero attached hydrogens (tertiary/aromatic N) is 1. The van der Waals surface area contributed by atoms with Crippen molar-refractivity contribution in [3.05, 3.63) is 52.7 Å². The van der Waals surface area contributed by atoms with Crippen LogP contribution in [0.2, 0.25) is 0 Å². The maximum absolute atomic E-state index is 12.6. The van der Waals surface area contributed by atoms with Gasteiger partial charge in [0.2, 0.25) is 0 Å². The molecule has 0 aromatic heterocycles. The molecule has 1 heterocycles. The molecule has 1 saturated heterocycles. The lowest BCUT2D eigenvalue weighted by molar-refractivity contribution is -0.151. The summed E-state index contributed by atoms with van der Waals surface area (Å²) in [5.74, 6) is -1.27. The molecule has 3 rings (SSSR count). The molecule has 1 aliphatic carbocycles. The number of rotatable bonds is 5. The van der Waals surface area contributed by atoms with E-state index >= 15 is 0 Å². The van der Waals surface area contributed by atoms with Crippen LogP contribution >= 0.6 is 0 Å². The summed E-state index contributed by atoms with van der Waals surface area (Å²) in [6.45, 7) is 4.61. The van der Waals surface area contributed by atoms with E-state index in [4.69, 9.17) is 9.47 Å². The second-order valence-corrected chi connectivity index (χ2v) is 6.06. The number of hydrogen-bond donors (Lipinski definition) is 0. The Bertz CT molecular complexity index is 700. The van der Waals surface area contributed by atoms with E-state index in [0.29, 0.717) is 25.2 Å². The van der Waals surface area contributed by atoms with Crippen molar-refractivity contribution in [3.63, 3.8) is 0 Å². The fourth-order valence-electron chi connectivity index (χ4n) is 3.30. The fourth-order valence-corrected chi connectivity index (χ4v) is 3.30. The van der Waals surface area contributed by atoms with Crippen LogP contribution in [0.4, 0.5) is 0 Å². The number of morpholine rings is 1. The average molecular weight is 341 g/mol. The molecular formula is C20H23NO4. The Balaban J connectivity index is 1.97. The van der Waals surface area contributed by atoms with E-state index in [-0.39, 0.29) is 6.61 Å². The van der Waals surface area contributed by atoms with Crippen LogP contribution in [0.15, 0.2) is 47.2 Å². The molecule has 2 aliphatic rings. The van der Waals surface area contributed by atoms with Crippen molar-refractivity contribution in [3.8, 4) is 0 Å². The average Bonchev–Trinajstić information content (AvgIpc) is 3.06. The smallest absolute Gasteiger partial charge is 0.379 e. The summed E-state index contributed by atoms with van der Waals surface area (Å²) in [7, 11) is 0. The normalized spacial score (nSPS) is 19.4. The van der Waals surface area contributed by atoms with E-state index < -0.39 is 11.8 Å². The predicted octanol–water partition coefficient (Wildman–Crippen LogP) is 2.58. The highest BCUT2D eigenvalue weighted by molar-refractivity contribution is 6.40. The van der Waals surface area contributed by atoms with Crippen molar-refractivity contribution < 1.29 is 19.1 Å². The third kappa shape index (κ3) is 3.99. The van der Waals surface area contributed by atoms with Gasteiger partial charge in [-0.3, -0.25) is 4.79 Å². The minimum absolute atomic E-state index is 0.206. The van der Waals surface area contributed by atoms with Gasteiger partial charge in [0, 0.05) is 24.4 Å². The largest absolute Gasteiger partial charge is 0.460 e. The minimum atomic E-state index is -0.760. The highest BCUT2D eigenvalue weighted by Gasteiger charge is 2.33. The van der Waals surface area contributed by atoms with Gasteiger partial charge < -0.3 is 14.4 Å². The van der Waals surface area contributed by atoms with Crippen molar-refractivity contribution >= 4 is 17.8 Å². The van der Waals surface area contributed by atoms with Crippen LogP contribution in [0.3, 0.4) is 0 Å². The Kier molecular flexibility index (Phi) is 5.66.